The predicted octanol–water partition coefficient (Wildman–Crippen LogP) is 5.22. The van der Waals surface area contributed by atoms with Crippen LogP contribution in [0.2, 0.25) is 5.02 Å². The van der Waals surface area contributed by atoms with Gasteiger partial charge < -0.3 is 5.32 Å². The van der Waals surface area contributed by atoms with Gasteiger partial charge in [-0.2, -0.15) is 0 Å². The summed E-state index contributed by atoms with van der Waals surface area (Å²) >= 11 is 6.07. The fourth-order valence-corrected chi connectivity index (χ4v) is 2.68. The SMILES string of the molecule is O=C(/C=C/c1ccccc1Cl)Nc1ccccc1C(=O)c1ccccc1. The van der Waals surface area contributed by atoms with Crippen LogP contribution < -0.4 is 5.32 Å². The zero-order valence-corrected chi connectivity index (χ0v) is 14.6. The van der Waals surface area contributed by atoms with Crippen molar-refractivity contribution in [3.63, 3.8) is 0 Å². The van der Waals surface area contributed by atoms with Gasteiger partial charge in [0.05, 0.1) is 5.69 Å². The number of hydrogen-bond donors (Lipinski definition) is 1. The summed E-state index contributed by atoms with van der Waals surface area (Å²) in [5.74, 6) is -0.477. The van der Waals surface area contributed by atoms with Gasteiger partial charge in [0.2, 0.25) is 5.91 Å². The number of rotatable bonds is 5. The molecule has 26 heavy (non-hydrogen) atoms. The second kappa shape index (κ2) is 8.28. The maximum atomic E-state index is 12.7. The largest absolute Gasteiger partial charge is 0.322 e. The number of carbonyl (C=O) groups excluding carboxylic acids is 2. The third-order valence-electron chi connectivity index (χ3n) is 3.79. The number of halogens is 1. The molecular formula is C22H16ClNO2. The van der Waals surface area contributed by atoms with Crippen LogP contribution in [0.3, 0.4) is 0 Å². The molecule has 0 radical (unpaired) electrons. The van der Waals surface area contributed by atoms with Gasteiger partial charge in [0, 0.05) is 22.2 Å². The quantitative estimate of drug-likeness (QED) is 0.500. The van der Waals surface area contributed by atoms with E-state index in [1.165, 1.54) is 6.08 Å². The lowest BCUT2D eigenvalue weighted by Crippen LogP contribution is -2.12. The number of hydrogen-bond acceptors (Lipinski definition) is 2. The van der Waals surface area contributed by atoms with Crippen molar-refractivity contribution in [2.45, 2.75) is 0 Å². The van der Waals surface area contributed by atoms with Crippen LogP contribution in [-0.4, -0.2) is 11.7 Å². The minimum Gasteiger partial charge on any atom is -0.322 e. The third kappa shape index (κ3) is 4.26. The van der Waals surface area contributed by atoms with Gasteiger partial charge in [0.15, 0.2) is 5.78 Å². The Kier molecular flexibility index (Phi) is 5.62. The third-order valence-corrected chi connectivity index (χ3v) is 4.13. The molecule has 0 aromatic heterocycles. The number of amides is 1. The monoisotopic (exact) mass is 361 g/mol. The number of benzene rings is 3. The molecule has 0 aliphatic rings. The number of para-hydroxylation sites is 1. The molecule has 0 atom stereocenters. The second-order valence-electron chi connectivity index (χ2n) is 5.58. The van der Waals surface area contributed by atoms with Gasteiger partial charge in [-0.1, -0.05) is 72.3 Å². The summed E-state index contributed by atoms with van der Waals surface area (Å²) in [6, 6.07) is 23.1. The molecule has 0 bridgehead atoms. The Morgan fingerprint density at radius 1 is 0.808 bits per heavy atom. The first kappa shape index (κ1) is 17.6. The van der Waals surface area contributed by atoms with Gasteiger partial charge in [-0.25, -0.2) is 0 Å². The highest BCUT2D eigenvalue weighted by molar-refractivity contribution is 6.32. The first-order chi connectivity index (χ1) is 12.6. The average molecular weight is 362 g/mol. The zero-order chi connectivity index (χ0) is 18.4. The molecule has 0 spiro atoms. The van der Waals surface area contributed by atoms with Crippen molar-refractivity contribution in [3.8, 4) is 0 Å². The molecule has 0 aliphatic carbocycles. The van der Waals surface area contributed by atoms with Crippen LogP contribution in [-0.2, 0) is 4.79 Å². The molecule has 0 saturated carbocycles. The van der Waals surface area contributed by atoms with E-state index in [0.717, 1.165) is 5.56 Å². The van der Waals surface area contributed by atoms with Crippen LogP contribution in [0.4, 0.5) is 5.69 Å². The average Bonchev–Trinajstić information content (AvgIpc) is 2.68. The van der Waals surface area contributed by atoms with Gasteiger partial charge in [0.25, 0.3) is 0 Å². The van der Waals surface area contributed by atoms with Crippen LogP contribution in [0.5, 0.6) is 0 Å². The first-order valence-electron chi connectivity index (χ1n) is 8.07. The van der Waals surface area contributed by atoms with Gasteiger partial charge in [0.1, 0.15) is 0 Å². The van der Waals surface area contributed by atoms with Gasteiger partial charge >= 0.3 is 0 Å². The second-order valence-corrected chi connectivity index (χ2v) is 5.99. The minimum atomic E-state index is -0.335. The number of ketones is 1. The summed E-state index contributed by atoms with van der Waals surface area (Å²) in [7, 11) is 0. The molecule has 3 rings (SSSR count). The molecule has 3 nitrogen and oxygen atoms in total. The van der Waals surface area contributed by atoms with Crippen LogP contribution in [0, 0.1) is 0 Å². The topological polar surface area (TPSA) is 46.2 Å². The van der Waals surface area contributed by atoms with Crippen LogP contribution >= 0.6 is 11.6 Å². The summed E-state index contributed by atoms with van der Waals surface area (Å²) in [4.78, 5) is 24.9. The fraction of sp³-hybridized carbons (Fsp3) is 0. The summed E-state index contributed by atoms with van der Waals surface area (Å²) < 4.78 is 0. The summed E-state index contributed by atoms with van der Waals surface area (Å²) in [5, 5.41) is 3.33. The molecule has 0 saturated heterocycles. The Morgan fingerprint density at radius 3 is 2.23 bits per heavy atom. The van der Waals surface area contributed by atoms with Gasteiger partial charge in [-0.15, -0.1) is 0 Å². The van der Waals surface area contributed by atoms with Crippen molar-refractivity contribution in [2.75, 3.05) is 5.32 Å². The van der Waals surface area contributed by atoms with Crippen molar-refractivity contribution < 1.29 is 9.59 Å². The lowest BCUT2D eigenvalue weighted by molar-refractivity contribution is -0.111. The minimum absolute atomic E-state index is 0.142. The molecule has 0 aliphatic heterocycles. The normalized spacial score (nSPS) is 10.7. The fourth-order valence-electron chi connectivity index (χ4n) is 2.49. The van der Waals surface area contributed by atoms with Crippen molar-refractivity contribution in [1.29, 1.82) is 0 Å². The molecule has 4 heteroatoms. The summed E-state index contributed by atoms with van der Waals surface area (Å²) in [6.07, 6.45) is 3.03. The lowest BCUT2D eigenvalue weighted by Gasteiger charge is -2.09. The van der Waals surface area contributed by atoms with E-state index in [1.807, 2.05) is 24.3 Å². The van der Waals surface area contributed by atoms with Crippen LogP contribution in [0.1, 0.15) is 21.5 Å². The standard InChI is InChI=1S/C22H16ClNO2/c23-19-12-6-4-8-16(19)14-15-21(25)24-20-13-7-5-11-18(20)22(26)17-9-2-1-3-10-17/h1-15H,(H,24,25)/b15-14+. The van der Waals surface area contributed by atoms with E-state index in [1.54, 1.807) is 60.7 Å². The smallest absolute Gasteiger partial charge is 0.248 e. The number of nitrogens with one attached hydrogen (secondary N) is 1. The van der Waals surface area contributed by atoms with E-state index in [-0.39, 0.29) is 11.7 Å². The van der Waals surface area contributed by atoms with Crippen LogP contribution in [0.25, 0.3) is 6.08 Å². The Labute approximate surface area is 156 Å². The van der Waals surface area contributed by atoms with Crippen molar-refractivity contribution in [2.24, 2.45) is 0 Å². The highest BCUT2D eigenvalue weighted by Crippen LogP contribution is 2.20. The zero-order valence-electron chi connectivity index (χ0n) is 13.9. The Morgan fingerprint density at radius 2 is 1.46 bits per heavy atom. The molecule has 3 aromatic rings. The molecule has 0 unspecified atom stereocenters. The molecule has 0 fully saturated rings. The summed E-state index contributed by atoms with van der Waals surface area (Å²) in [6.45, 7) is 0. The van der Waals surface area contributed by atoms with Crippen molar-refractivity contribution in [3.05, 3.63) is 107 Å². The van der Waals surface area contributed by atoms with E-state index >= 15 is 0 Å². The Balaban J connectivity index is 1.79. The van der Waals surface area contributed by atoms with Crippen LogP contribution in [0.15, 0.2) is 84.9 Å². The predicted molar refractivity (Wildman–Crippen MR) is 105 cm³/mol. The molecule has 3 aromatic carbocycles. The van der Waals surface area contributed by atoms with Crippen molar-refractivity contribution >= 4 is 35.1 Å². The van der Waals surface area contributed by atoms with E-state index in [9.17, 15) is 9.59 Å². The van der Waals surface area contributed by atoms with Gasteiger partial charge in [-0.3, -0.25) is 9.59 Å². The Hall–Kier alpha value is -3.17. The van der Waals surface area contributed by atoms with E-state index in [0.29, 0.717) is 21.8 Å². The molecule has 128 valence electrons. The molecular weight excluding hydrogens is 346 g/mol. The highest BCUT2D eigenvalue weighted by Gasteiger charge is 2.13. The molecule has 1 amide bonds. The van der Waals surface area contributed by atoms with E-state index in [2.05, 4.69) is 5.32 Å². The highest BCUT2D eigenvalue weighted by atomic mass is 35.5. The molecule has 1 N–H and O–H groups in total. The van der Waals surface area contributed by atoms with E-state index in [4.69, 9.17) is 11.6 Å². The summed E-state index contributed by atoms with van der Waals surface area (Å²) in [5.41, 5.74) is 2.23. The van der Waals surface area contributed by atoms with Gasteiger partial charge in [-0.05, 0) is 29.8 Å². The number of carbonyl (C=O) groups is 2. The van der Waals surface area contributed by atoms with Crippen molar-refractivity contribution in [1.82, 2.24) is 0 Å². The first-order valence-corrected chi connectivity index (χ1v) is 8.45. The lowest BCUT2D eigenvalue weighted by atomic mass is 10.0. The number of anilines is 1. The van der Waals surface area contributed by atoms with E-state index < -0.39 is 0 Å². The Bertz CT molecular complexity index is 965. The maximum Gasteiger partial charge on any atom is 0.248 e. The molecule has 0 heterocycles. The maximum absolute atomic E-state index is 12.7.